The minimum absolute atomic E-state index is 0.396. The second kappa shape index (κ2) is 5.92. The maximum Gasteiger partial charge on any atom is 0.162 e. The SMILES string of the molecule is CNc1nc(-c2ccc(C)cc2Br)nc(C)c1C(C)C. The molecule has 0 radical (unpaired) electrons. The maximum absolute atomic E-state index is 4.68. The van der Waals surface area contributed by atoms with Gasteiger partial charge in [-0.05, 0) is 37.5 Å². The quantitative estimate of drug-likeness (QED) is 0.885. The second-order valence-corrected chi connectivity index (χ2v) is 6.14. The molecule has 0 spiro atoms. The Morgan fingerprint density at radius 2 is 1.85 bits per heavy atom. The number of benzene rings is 1. The third kappa shape index (κ3) is 2.85. The van der Waals surface area contributed by atoms with Crippen LogP contribution in [0.4, 0.5) is 5.82 Å². The normalized spacial score (nSPS) is 10.9. The molecule has 1 heterocycles. The number of hydrogen-bond donors (Lipinski definition) is 1. The van der Waals surface area contributed by atoms with E-state index in [1.54, 1.807) is 0 Å². The number of aryl methyl sites for hydroxylation is 2. The summed E-state index contributed by atoms with van der Waals surface area (Å²) in [7, 11) is 1.90. The summed E-state index contributed by atoms with van der Waals surface area (Å²) in [6.07, 6.45) is 0. The van der Waals surface area contributed by atoms with Crippen LogP contribution < -0.4 is 5.32 Å². The molecular formula is C16H20BrN3. The summed E-state index contributed by atoms with van der Waals surface area (Å²) in [5.41, 5.74) is 4.44. The molecule has 1 N–H and O–H groups in total. The van der Waals surface area contributed by atoms with Gasteiger partial charge in [0.15, 0.2) is 5.82 Å². The van der Waals surface area contributed by atoms with Crippen LogP contribution in [0.15, 0.2) is 22.7 Å². The number of hydrogen-bond acceptors (Lipinski definition) is 3. The number of aromatic nitrogens is 2. The van der Waals surface area contributed by atoms with Crippen LogP contribution in [0.5, 0.6) is 0 Å². The number of nitrogens with zero attached hydrogens (tertiary/aromatic N) is 2. The molecule has 106 valence electrons. The summed E-state index contributed by atoms with van der Waals surface area (Å²) >= 11 is 3.60. The highest BCUT2D eigenvalue weighted by Gasteiger charge is 2.15. The van der Waals surface area contributed by atoms with Gasteiger partial charge in [-0.25, -0.2) is 9.97 Å². The van der Waals surface area contributed by atoms with E-state index in [0.717, 1.165) is 27.4 Å². The van der Waals surface area contributed by atoms with Crippen molar-refractivity contribution in [3.8, 4) is 11.4 Å². The van der Waals surface area contributed by atoms with Crippen molar-refractivity contribution in [2.75, 3.05) is 12.4 Å². The van der Waals surface area contributed by atoms with Crippen LogP contribution in [0.25, 0.3) is 11.4 Å². The largest absolute Gasteiger partial charge is 0.373 e. The fourth-order valence-electron chi connectivity index (χ4n) is 2.39. The highest BCUT2D eigenvalue weighted by atomic mass is 79.9. The zero-order valence-electron chi connectivity index (χ0n) is 12.6. The average Bonchev–Trinajstić information content (AvgIpc) is 2.37. The predicted molar refractivity (Wildman–Crippen MR) is 88.3 cm³/mol. The summed E-state index contributed by atoms with van der Waals surface area (Å²) in [6.45, 7) is 8.44. The van der Waals surface area contributed by atoms with E-state index in [0.29, 0.717) is 5.92 Å². The van der Waals surface area contributed by atoms with Gasteiger partial charge in [0.05, 0.1) is 0 Å². The molecule has 0 unspecified atom stereocenters. The summed E-state index contributed by atoms with van der Waals surface area (Å²) in [6, 6.07) is 6.22. The highest BCUT2D eigenvalue weighted by Crippen LogP contribution is 2.31. The second-order valence-electron chi connectivity index (χ2n) is 5.28. The fraction of sp³-hybridized carbons (Fsp3) is 0.375. The zero-order chi connectivity index (χ0) is 14.9. The summed E-state index contributed by atoms with van der Waals surface area (Å²) in [5, 5.41) is 3.19. The molecule has 20 heavy (non-hydrogen) atoms. The Kier molecular flexibility index (Phi) is 4.43. The maximum atomic E-state index is 4.68. The van der Waals surface area contributed by atoms with Gasteiger partial charge in [-0.3, -0.25) is 0 Å². The molecular weight excluding hydrogens is 314 g/mol. The lowest BCUT2D eigenvalue weighted by atomic mass is 10.0. The number of rotatable bonds is 3. The Morgan fingerprint density at radius 1 is 1.15 bits per heavy atom. The van der Waals surface area contributed by atoms with Crippen LogP contribution in [-0.2, 0) is 0 Å². The molecule has 0 aliphatic heterocycles. The van der Waals surface area contributed by atoms with Crippen molar-refractivity contribution in [1.29, 1.82) is 0 Å². The van der Waals surface area contributed by atoms with E-state index in [2.05, 4.69) is 70.2 Å². The standard InChI is InChI=1S/C16H20BrN3/c1-9(2)14-11(4)19-15(20-16(14)18-5)12-7-6-10(3)8-13(12)17/h6-9H,1-5H3,(H,18,19,20). The fourth-order valence-corrected chi connectivity index (χ4v) is 3.06. The molecule has 0 saturated carbocycles. The number of nitrogens with one attached hydrogen (secondary N) is 1. The first-order chi connectivity index (χ1) is 9.43. The lowest BCUT2D eigenvalue weighted by Crippen LogP contribution is -2.07. The third-order valence-electron chi connectivity index (χ3n) is 3.32. The van der Waals surface area contributed by atoms with Crippen molar-refractivity contribution in [2.45, 2.75) is 33.6 Å². The molecule has 4 heteroatoms. The Labute approximate surface area is 129 Å². The Bertz CT molecular complexity index is 636. The van der Waals surface area contributed by atoms with E-state index < -0.39 is 0 Å². The molecule has 2 aromatic rings. The zero-order valence-corrected chi connectivity index (χ0v) is 14.2. The van der Waals surface area contributed by atoms with Crippen LogP contribution in [0, 0.1) is 13.8 Å². The van der Waals surface area contributed by atoms with E-state index in [4.69, 9.17) is 0 Å². The van der Waals surface area contributed by atoms with E-state index in [1.807, 2.05) is 14.0 Å². The van der Waals surface area contributed by atoms with E-state index in [-0.39, 0.29) is 0 Å². The van der Waals surface area contributed by atoms with E-state index in [1.165, 1.54) is 11.1 Å². The van der Waals surface area contributed by atoms with Crippen LogP contribution in [0.3, 0.4) is 0 Å². The summed E-state index contributed by atoms with van der Waals surface area (Å²) in [4.78, 5) is 9.36. The van der Waals surface area contributed by atoms with Crippen LogP contribution in [0.1, 0.15) is 36.6 Å². The minimum atomic E-state index is 0.396. The van der Waals surface area contributed by atoms with Crippen molar-refractivity contribution >= 4 is 21.7 Å². The summed E-state index contributed by atoms with van der Waals surface area (Å²) < 4.78 is 1.02. The first kappa shape index (κ1) is 15.0. The molecule has 0 saturated heterocycles. The van der Waals surface area contributed by atoms with Crippen molar-refractivity contribution in [2.24, 2.45) is 0 Å². The van der Waals surface area contributed by atoms with Crippen LogP contribution in [0.2, 0.25) is 0 Å². The molecule has 0 aliphatic rings. The van der Waals surface area contributed by atoms with Crippen molar-refractivity contribution in [1.82, 2.24) is 9.97 Å². The minimum Gasteiger partial charge on any atom is -0.373 e. The molecule has 0 bridgehead atoms. The molecule has 0 atom stereocenters. The van der Waals surface area contributed by atoms with Gasteiger partial charge in [-0.1, -0.05) is 35.8 Å². The lowest BCUT2D eigenvalue weighted by molar-refractivity contribution is 0.833. The topological polar surface area (TPSA) is 37.8 Å². The van der Waals surface area contributed by atoms with Gasteiger partial charge < -0.3 is 5.32 Å². The Balaban J connectivity index is 2.61. The van der Waals surface area contributed by atoms with Gasteiger partial charge in [0.1, 0.15) is 5.82 Å². The van der Waals surface area contributed by atoms with Crippen LogP contribution >= 0.6 is 15.9 Å². The monoisotopic (exact) mass is 333 g/mol. The van der Waals surface area contributed by atoms with Gasteiger partial charge >= 0.3 is 0 Å². The highest BCUT2D eigenvalue weighted by molar-refractivity contribution is 9.10. The van der Waals surface area contributed by atoms with Crippen molar-refractivity contribution < 1.29 is 0 Å². The summed E-state index contributed by atoms with van der Waals surface area (Å²) in [5.74, 6) is 2.06. The van der Waals surface area contributed by atoms with Gasteiger partial charge in [-0.2, -0.15) is 0 Å². The Hall–Kier alpha value is -1.42. The molecule has 0 amide bonds. The van der Waals surface area contributed by atoms with Gasteiger partial charge in [0, 0.05) is 28.3 Å². The first-order valence-corrected chi connectivity index (χ1v) is 7.56. The van der Waals surface area contributed by atoms with Gasteiger partial charge in [0.2, 0.25) is 0 Å². The van der Waals surface area contributed by atoms with Crippen molar-refractivity contribution in [3.05, 3.63) is 39.5 Å². The van der Waals surface area contributed by atoms with Gasteiger partial charge in [-0.15, -0.1) is 0 Å². The predicted octanol–water partition coefficient (Wildman–Crippen LogP) is 4.69. The van der Waals surface area contributed by atoms with E-state index in [9.17, 15) is 0 Å². The average molecular weight is 334 g/mol. The number of halogens is 1. The lowest BCUT2D eigenvalue weighted by Gasteiger charge is -2.16. The van der Waals surface area contributed by atoms with Crippen LogP contribution in [-0.4, -0.2) is 17.0 Å². The molecule has 3 nitrogen and oxygen atoms in total. The molecule has 0 fully saturated rings. The van der Waals surface area contributed by atoms with Crippen molar-refractivity contribution in [3.63, 3.8) is 0 Å². The van der Waals surface area contributed by atoms with Gasteiger partial charge in [0.25, 0.3) is 0 Å². The molecule has 2 rings (SSSR count). The first-order valence-electron chi connectivity index (χ1n) is 6.76. The molecule has 1 aromatic heterocycles. The Morgan fingerprint density at radius 3 is 2.40 bits per heavy atom. The van der Waals surface area contributed by atoms with E-state index >= 15 is 0 Å². The third-order valence-corrected chi connectivity index (χ3v) is 3.97. The molecule has 1 aromatic carbocycles. The number of anilines is 1. The molecule has 0 aliphatic carbocycles. The smallest absolute Gasteiger partial charge is 0.162 e.